The molecule has 208 valence electrons. The van der Waals surface area contributed by atoms with Gasteiger partial charge in [0.05, 0.1) is 16.6 Å². The lowest BCUT2D eigenvalue weighted by atomic mass is 9.83. The van der Waals surface area contributed by atoms with E-state index in [4.69, 9.17) is 0 Å². The molecule has 0 bridgehead atoms. The number of fused-ring (bicyclic) bond motifs is 2. The van der Waals surface area contributed by atoms with E-state index in [1.807, 2.05) is 74.4 Å². The van der Waals surface area contributed by atoms with Crippen molar-refractivity contribution < 1.29 is 14.4 Å². The number of thiazole rings is 1. The molecule has 0 spiro atoms. The van der Waals surface area contributed by atoms with Crippen molar-refractivity contribution in [3.63, 3.8) is 0 Å². The van der Waals surface area contributed by atoms with Crippen LogP contribution in [0.15, 0.2) is 88.7 Å². The second-order valence-corrected chi connectivity index (χ2v) is 12.5. The molecular weight excluding hydrogens is 556 g/mol. The van der Waals surface area contributed by atoms with Gasteiger partial charge in [-0.2, -0.15) is 0 Å². The van der Waals surface area contributed by atoms with Crippen LogP contribution in [0, 0.1) is 12.8 Å². The van der Waals surface area contributed by atoms with Crippen LogP contribution in [0.3, 0.4) is 0 Å². The van der Waals surface area contributed by atoms with Gasteiger partial charge >= 0.3 is 4.87 Å². The van der Waals surface area contributed by atoms with Crippen molar-refractivity contribution >= 4 is 57.9 Å². The van der Waals surface area contributed by atoms with E-state index < -0.39 is 17.1 Å². The average molecular weight is 585 g/mol. The summed E-state index contributed by atoms with van der Waals surface area (Å²) in [5.41, 5.74) is 4.02. The first-order valence-corrected chi connectivity index (χ1v) is 14.9. The zero-order valence-electron chi connectivity index (χ0n) is 22.7. The summed E-state index contributed by atoms with van der Waals surface area (Å²) in [4.78, 5) is 57.8. The highest BCUT2D eigenvalue weighted by Crippen LogP contribution is 2.54. The summed E-state index contributed by atoms with van der Waals surface area (Å²) < 4.78 is 1.44. The number of imide groups is 1. The number of para-hydroxylation sites is 1. The summed E-state index contributed by atoms with van der Waals surface area (Å²) in [5.74, 6) is -2.12. The molecule has 3 amide bonds. The van der Waals surface area contributed by atoms with E-state index in [-0.39, 0.29) is 29.1 Å². The normalized spacial score (nSPS) is 19.6. The third-order valence-electron chi connectivity index (χ3n) is 7.44. The number of aromatic nitrogens is 1. The van der Waals surface area contributed by atoms with Crippen molar-refractivity contribution in [1.82, 2.24) is 4.57 Å². The molecule has 6 rings (SSSR count). The van der Waals surface area contributed by atoms with Gasteiger partial charge in [0.1, 0.15) is 11.8 Å². The summed E-state index contributed by atoms with van der Waals surface area (Å²) in [5, 5.41) is 2.71. The number of nitrogens with one attached hydrogen (secondary N) is 1. The quantitative estimate of drug-likeness (QED) is 0.330. The van der Waals surface area contributed by atoms with Gasteiger partial charge in [-0.15, -0.1) is 0 Å². The third-order valence-corrected chi connectivity index (χ3v) is 10.0. The third kappa shape index (κ3) is 4.87. The number of carbonyl (C=O) groups excluding carboxylic acids is 3. The number of hydrogen-bond acceptors (Lipinski definition) is 7. The Morgan fingerprint density at radius 2 is 1.66 bits per heavy atom. The highest BCUT2D eigenvalue weighted by Gasteiger charge is 2.56. The first-order valence-electron chi connectivity index (χ1n) is 13.2. The number of nitrogens with zero attached hydrogens (tertiary/aromatic N) is 3. The Labute approximate surface area is 245 Å². The van der Waals surface area contributed by atoms with E-state index >= 15 is 0 Å². The molecule has 1 saturated heterocycles. The molecule has 1 N–H and O–H groups in total. The van der Waals surface area contributed by atoms with E-state index in [1.165, 1.54) is 21.2 Å². The largest absolute Gasteiger partial charge is 0.378 e. The van der Waals surface area contributed by atoms with Crippen molar-refractivity contribution in [2.24, 2.45) is 5.92 Å². The molecule has 1 aromatic heterocycles. The summed E-state index contributed by atoms with van der Waals surface area (Å²) in [7, 11) is 3.90. The molecular formula is C31H28N4O4S2. The molecule has 2 unspecified atom stereocenters. The Hall–Kier alpha value is -4.15. The Kier molecular flexibility index (Phi) is 7.04. The van der Waals surface area contributed by atoms with Crippen LogP contribution in [-0.2, 0) is 20.9 Å². The van der Waals surface area contributed by atoms with Crippen molar-refractivity contribution in [2.75, 3.05) is 29.2 Å². The van der Waals surface area contributed by atoms with Gasteiger partial charge in [0.25, 0.3) is 0 Å². The fourth-order valence-corrected chi connectivity index (χ4v) is 8.27. The lowest BCUT2D eigenvalue weighted by molar-refractivity contribution is -0.122. The molecule has 0 aliphatic carbocycles. The molecule has 3 heterocycles. The number of thioether (sulfide) groups is 1. The molecule has 1 fully saturated rings. The number of benzene rings is 3. The average Bonchev–Trinajstić information content (AvgIpc) is 3.39. The lowest BCUT2D eigenvalue weighted by Crippen LogP contribution is -2.33. The van der Waals surface area contributed by atoms with Crippen LogP contribution in [0.25, 0.3) is 0 Å². The smallest absolute Gasteiger partial charge is 0.308 e. The van der Waals surface area contributed by atoms with Crippen LogP contribution in [0.5, 0.6) is 0 Å². The maximum atomic E-state index is 14.0. The van der Waals surface area contributed by atoms with Crippen LogP contribution in [-0.4, -0.2) is 41.6 Å². The van der Waals surface area contributed by atoms with E-state index in [0.717, 1.165) is 28.2 Å². The van der Waals surface area contributed by atoms with Crippen molar-refractivity contribution in [1.29, 1.82) is 0 Å². The highest BCUT2D eigenvalue weighted by atomic mass is 32.2. The van der Waals surface area contributed by atoms with E-state index in [9.17, 15) is 19.2 Å². The molecule has 41 heavy (non-hydrogen) atoms. The summed E-state index contributed by atoms with van der Waals surface area (Å²) in [6, 6.07) is 24.2. The van der Waals surface area contributed by atoms with Crippen LogP contribution < -0.4 is 20.0 Å². The molecule has 0 saturated carbocycles. The van der Waals surface area contributed by atoms with E-state index in [0.29, 0.717) is 21.3 Å². The van der Waals surface area contributed by atoms with Crippen molar-refractivity contribution in [3.8, 4) is 0 Å². The molecule has 2 aliphatic rings. The Morgan fingerprint density at radius 3 is 2.34 bits per heavy atom. The molecule has 3 aromatic carbocycles. The zero-order valence-corrected chi connectivity index (χ0v) is 24.4. The fourth-order valence-electron chi connectivity index (χ4n) is 5.49. The minimum Gasteiger partial charge on any atom is -0.378 e. The van der Waals surface area contributed by atoms with Crippen LogP contribution >= 0.6 is 23.1 Å². The van der Waals surface area contributed by atoms with Gasteiger partial charge in [-0.05, 0) is 54.4 Å². The molecule has 8 nitrogen and oxygen atoms in total. The summed E-state index contributed by atoms with van der Waals surface area (Å²) in [6.45, 7) is 1.74. The molecule has 0 radical (unpaired) electrons. The lowest BCUT2D eigenvalue weighted by Gasteiger charge is -2.31. The van der Waals surface area contributed by atoms with Gasteiger partial charge < -0.3 is 10.2 Å². The van der Waals surface area contributed by atoms with Crippen LogP contribution in [0.4, 0.5) is 17.1 Å². The summed E-state index contributed by atoms with van der Waals surface area (Å²) in [6.07, 6.45) is 0. The van der Waals surface area contributed by atoms with E-state index in [2.05, 4.69) is 5.32 Å². The second kappa shape index (κ2) is 10.7. The number of hydrogen-bond donors (Lipinski definition) is 1. The van der Waals surface area contributed by atoms with Gasteiger partial charge in [0.15, 0.2) is 0 Å². The molecule has 4 aromatic rings. The van der Waals surface area contributed by atoms with Crippen molar-refractivity contribution in [2.45, 2.75) is 29.7 Å². The molecule has 10 heteroatoms. The molecule has 3 atom stereocenters. The number of carbonyl (C=O) groups is 3. The molecule has 2 aliphatic heterocycles. The number of anilines is 3. The predicted octanol–water partition coefficient (Wildman–Crippen LogP) is 4.72. The maximum Gasteiger partial charge on any atom is 0.308 e. The monoisotopic (exact) mass is 584 g/mol. The minimum absolute atomic E-state index is 0.195. The Bertz CT molecular complexity index is 1710. The fraction of sp³-hybridized carbons (Fsp3) is 0.226. The number of aryl methyl sites for hydroxylation is 1. The van der Waals surface area contributed by atoms with Gasteiger partial charge in [-0.25, -0.2) is 4.90 Å². The highest BCUT2D eigenvalue weighted by molar-refractivity contribution is 8.00. The van der Waals surface area contributed by atoms with Gasteiger partial charge in [-0.3, -0.25) is 23.7 Å². The van der Waals surface area contributed by atoms with Gasteiger partial charge in [0, 0.05) is 36.3 Å². The van der Waals surface area contributed by atoms with Crippen molar-refractivity contribution in [3.05, 3.63) is 105 Å². The van der Waals surface area contributed by atoms with Crippen LogP contribution in [0.2, 0.25) is 0 Å². The zero-order chi connectivity index (χ0) is 28.8. The predicted molar refractivity (Wildman–Crippen MR) is 163 cm³/mol. The van der Waals surface area contributed by atoms with E-state index in [1.54, 1.807) is 30.3 Å². The second-order valence-electron chi connectivity index (χ2n) is 10.4. The summed E-state index contributed by atoms with van der Waals surface area (Å²) >= 11 is 2.26. The SMILES string of the molecule is Cc1cccc(NC(=O)Cn2c3c(sc2=O)[C@H](c2ccc(N(C)C)cc2)C2C(=O)N(c4ccccc4)C(=O)C2S3)c1. The van der Waals surface area contributed by atoms with Gasteiger partial charge in [0.2, 0.25) is 17.7 Å². The maximum absolute atomic E-state index is 14.0. The standard InChI is InChI=1S/C31H28N4O4S2/c1-18-8-7-9-20(16-18)32-23(36)17-34-30-27(41-31(34)39)24(19-12-14-21(15-13-19)33(2)3)25-26(40-30)29(38)35(28(25)37)22-10-5-4-6-11-22/h4-16,24-26H,17H2,1-3H3,(H,32,36)/t24-,25?,26?/m1/s1. The Morgan fingerprint density at radius 1 is 0.927 bits per heavy atom. The van der Waals surface area contributed by atoms with Crippen LogP contribution in [0.1, 0.15) is 21.9 Å². The first kappa shape index (κ1) is 27.0. The number of amides is 3. The van der Waals surface area contributed by atoms with Gasteiger partial charge in [-0.1, -0.05) is 65.6 Å². The first-order chi connectivity index (χ1) is 19.7. The Balaban J connectivity index is 1.41. The topological polar surface area (TPSA) is 91.7 Å². The minimum atomic E-state index is -0.728. The number of rotatable bonds is 6.